The number of piperidine rings is 1. The van der Waals surface area contributed by atoms with Crippen molar-refractivity contribution in [3.8, 4) is 0 Å². The van der Waals surface area contributed by atoms with Crippen molar-refractivity contribution < 1.29 is 22.4 Å². The number of benzene rings is 1. The molecule has 0 amide bonds. The minimum Gasteiger partial charge on any atom is -0.461 e. The number of likely N-dealkylation sites (tertiary alicyclic amines) is 1. The molecule has 1 spiro atoms. The lowest BCUT2D eigenvalue weighted by Crippen LogP contribution is -2.44. The Balaban J connectivity index is 1.34. The largest absolute Gasteiger partial charge is 0.461 e. The highest BCUT2D eigenvalue weighted by atomic mass is 32.2. The minimum absolute atomic E-state index is 0.157. The van der Waals surface area contributed by atoms with Gasteiger partial charge in [0.25, 0.3) is 0 Å². The Hall–Kier alpha value is -2.16. The Labute approximate surface area is 190 Å². The number of furan rings is 1. The molecule has 2 aromatic rings. The molecule has 7 nitrogen and oxygen atoms in total. The van der Waals surface area contributed by atoms with Crippen molar-refractivity contribution in [2.24, 2.45) is 5.41 Å². The van der Waals surface area contributed by atoms with Crippen molar-refractivity contribution in [3.63, 3.8) is 0 Å². The van der Waals surface area contributed by atoms with Gasteiger partial charge in [-0.1, -0.05) is 12.1 Å². The Morgan fingerprint density at radius 3 is 2.47 bits per heavy atom. The molecular formula is C24H32N2O5S. The summed E-state index contributed by atoms with van der Waals surface area (Å²) in [7, 11) is -3.46. The Kier molecular flexibility index (Phi) is 6.47. The predicted molar refractivity (Wildman–Crippen MR) is 120 cm³/mol. The van der Waals surface area contributed by atoms with Crippen LogP contribution in [0.1, 0.15) is 48.8 Å². The number of hydrogen-bond acceptors (Lipinski definition) is 6. The monoisotopic (exact) mass is 460 g/mol. The van der Waals surface area contributed by atoms with Gasteiger partial charge >= 0.3 is 5.97 Å². The smallest absolute Gasteiger partial charge is 0.303 e. The summed E-state index contributed by atoms with van der Waals surface area (Å²) in [5, 5.41) is 0. The normalized spacial score (nSPS) is 19.5. The van der Waals surface area contributed by atoms with E-state index in [0.29, 0.717) is 30.3 Å². The van der Waals surface area contributed by atoms with Crippen LogP contribution in [0.25, 0.3) is 0 Å². The van der Waals surface area contributed by atoms with Gasteiger partial charge in [-0.25, -0.2) is 8.42 Å². The third-order valence-electron chi connectivity index (χ3n) is 6.78. The van der Waals surface area contributed by atoms with Gasteiger partial charge in [-0.3, -0.25) is 9.69 Å². The Bertz CT molecular complexity index is 1080. The maximum Gasteiger partial charge on any atom is 0.303 e. The summed E-state index contributed by atoms with van der Waals surface area (Å²) >= 11 is 0. The molecule has 174 valence electrons. The number of nitrogens with zero attached hydrogens (tertiary/aromatic N) is 2. The fraction of sp³-hybridized carbons (Fsp3) is 0.542. The molecule has 3 heterocycles. The number of aryl methyl sites for hydroxylation is 2. The Morgan fingerprint density at radius 1 is 1.06 bits per heavy atom. The summed E-state index contributed by atoms with van der Waals surface area (Å²) in [6.45, 7) is 9.10. The predicted octanol–water partition coefficient (Wildman–Crippen LogP) is 3.64. The molecule has 0 unspecified atom stereocenters. The van der Waals surface area contributed by atoms with E-state index in [1.54, 1.807) is 10.4 Å². The first-order valence-corrected chi connectivity index (χ1v) is 12.6. The lowest BCUT2D eigenvalue weighted by atomic mass is 9.78. The quantitative estimate of drug-likeness (QED) is 0.613. The van der Waals surface area contributed by atoms with E-state index in [1.165, 1.54) is 6.92 Å². The fourth-order valence-electron chi connectivity index (χ4n) is 4.87. The lowest BCUT2D eigenvalue weighted by molar-refractivity contribution is -0.142. The van der Waals surface area contributed by atoms with Crippen LogP contribution >= 0.6 is 0 Å². The second kappa shape index (κ2) is 9.00. The molecule has 2 fully saturated rings. The molecule has 2 saturated heterocycles. The number of carbonyl (C=O) groups excluding carboxylic acids is 1. The SMILES string of the molecule is CC(=O)OCc1ccc(CN2CCC3(CCN(S(=O)(=O)c4cc(C)ccc4C)CC3)C2)o1. The van der Waals surface area contributed by atoms with Gasteiger partial charge in [0.05, 0.1) is 11.4 Å². The highest BCUT2D eigenvalue weighted by molar-refractivity contribution is 7.89. The van der Waals surface area contributed by atoms with Gasteiger partial charge in [-0.2, -0.15) is 4.31 Å². The topological polar surface area (TPSA) is 80.1 Å². The molecule has 2 aliphatic heterocycles. The van der Waals surface area contributed by atoms with E-state index >= 15 is 0 Å². The molecule has 8 heteroatoms. The molecule has 0 radical (unpaired) electrons. The van der Waals surface area contributed by atoms with Gasteiger partial charge in [-0.15, -0.1) is 0 Å². The van der Waals surface area contributed by atoms with Crippen LogP contribution in [0.4, 0.5) is 0 Å². The van der Waals surface area contributed by atoms with Crippen LogP contribution in [0, 0.1) is 19.3 Å². The van der Waals surface area contributed by atoms with Crippen molar-refractivity contribution in [2.45, 2.75) is 58.1 Å². The molecule has 4 rings (SSSR count). The van der Waals surface area contributed by atoms with E-state index in [9.17, 15) is 13.2 Å². The number of sulfonamides is 1. The van der Waals surface area contributed by atoms with Crippen LogP contribution in [0.15, 0.2) is 39.6 Å². The number of esters is 1. The summed E-state index contributed by atoms with van der Waals surface area (Å²) in [6.07, 6.45) is 2.83. The maximum absolute atomic E-state index is 13.2. The standard InChI is InChI=1S/C24H32N2O5S/c1-18-4-5-19(2)23(14-18)32(28,29)26-12-9-24(10-13-26)8-11-25(17-24)15-21-6-7-22(31-21)16-30-20(3)27/h4-7,14H,8-13,15-17H2,1-3H3. The second-order valence-electron chi connectivity index (χ2n) is 9.28. The molecule has 0 saturated carbocycles. The van der Waals surface area contributed by atoms with Crippen molar-refractivity contribution >= 4 is 16.0 Å². The van der Waals surface area contributed by atoms with E-state index in [4.69, 9.17) is 9.15 Å². The Morgan fingerprint density at radius 2 is 1.75 bits per heavy atom. The van der Waals surface area contributed by atoms with Crippen molar-refractivity contribution in [3.05, 3.63) is 53.0 Å². The number of ether oxygens (including phenoxy) is 1. The molecule has 0 atom stereocenters. The van der Waals surface area contributed by atoms with Crippen molar-refractivity contribution in [1.29, 1.82) is 0 Å². The van der Waals surface area contributed by atoms with Crippen LogP contribution in [0.3, 0.4) is 0 Å². The van der Waals surface area contributed by atoms with E-state index in [1.807, 2.05) is 38.1 Å². The van der Waals surface area contributed by atoms with Gasteiger partial charge < -0.3 is 9.15 Å². The van der Waals surface area contributed by atoms with Gasteiger partial charge in [-0.05, 0) is 74.4 Å². The molecule has 0 bridgehead atoms. The van der Waals surface area contributed by atoms with Crippen molar-refractivity contribution in [2.75, 3.05) is 26.2 Å². The molecule has 32 heavy (non-hydrogen) atoms. The van der Waals surface area contributed by atoms with Gasteiger partial charge in [0, 0.05) is 26.6 Å². The summed E-state index contributed by atoms with van der Waals surface area (Å²) in [6, 6.07) is 9.40. The number of carbonyl (C=O) groups is 1. The van der Waals surface area contributed by atoms with Crippen LogP contribution in [-0.4, -0.2) is 49.8 Å². The molecule has 1 aromatic carbocycles. The van der Waals surface area contributed by atoms with Crippen LogP contribution in [-0.2, 0) is 32.7 Å². The zero-order valence-electron chi connectivity index (χ0n) is 19.1. The van der Waals surface area contributed by atoms with E-state index in [-0.39, 0.29) is 18.0 Å². The van der Waals surface area contributed by atoms with Gasteiger partial charge in [0.2, 0.25) is 10.0 Å². The molecule has 0 aliphatic carbocycles. The van der Waals surface area contributed by atoms with Crippen LogP contribution in [0.5, 0.6) is 0 Å². The first-order valence-electron chi connectivity index (χ1n) is 11.2. The van der Waals surface area contributed by atoms with Crippen molar-refractivity contribution in [1.82, 2.24) is 9.21 Å². The van der Waals surface area contributed by atoms with Crippen LogP contribution in [0.2, 0.25) is 0 Å². The summed E-state index contributed by atoms with van der Waals surface area (Å²) in [5.41, 5.74) is 1.93. The first kappa shape index (κ1) is 23.0. The third-order valence-corrected chi connectivity index (χ3v) is 8.82. The summed E-state index contributed by atoms with van der Waals surface area (Å²) < 4.78 is 38.9. The fourth-order valence-corrected chi connectivity index (χ4v) is 6.63. The zero-order chi connectivity index (χ0) is 22.9. The average Bonchev–Trinajstić information content (AvgIpc) is 3.36. The number of hydrogen-bond donors (Lipinski definition) is 0. The van der Waals surface area contributed by atoms with E-state index < -0.39 is 10.0 Å². The summed E-state index contributed by atoms with van der Waals surface area (Å²) in [5.74, 6) is 1.18. The van der Waals surface area contributed by atoms with Gasteiger partial charge in [0.15, 0.2) is 0 Å². The summed E-state index contributed by atoms with van der Waals surface area (Å²) in [4.78, 5) is 13.8. The van der Waals surface area contributed by atoms with Crippen LogP contribution < -0.4 is 0 Å². The average molecular weight is 461 g/mol. The zero-order valence-corrected chi connectivity index (χ0v) is 19.9. The molecule has 2 aliphatic rings. The highest BCUT2D eigenvalue weighted by Gasteiger charge is 2.43. The maximum atomic E-state index is 13.2. The van der Waals surface area contributed by atoms with E-state index in [2.05, 4.69) is 4.90 Å². The molecule has 0 N–H and O–H groups in total. The third kappa shape index (κ3) is 4.92. The highest BCUT2D eigenvalue weighted by Crippen LogP contribution is 2.42. The molecule has 1 aromatic heterocycles. The first-order chi connectivity index (χ1) is 15.2. The number of rotatable bonds is 6. The molecular weight excluding hydrogens is 428 g/mol. The minimum atomic E-state index is -3.46. The lowest BCUT2D eigenvalue weighted by Gasteiger charge is -2.38. The second-order valence-corrected chi connectivity index (χ2v) is 11.2. The van der Waals surface area contributed by atoms with Gasteiger partial charge in [0.1, 0.15) is 18.1 Å². The van der Waals surface area contributed by atoms with E-state index in [0.717, 1.165) is 49.2 Å².